The van der Waals surface area contributed by atoms with E-state index in [2.05, 4.69) is 24.1 Å². The molecule has 1 saturated heterocycles. The summed E-state index contributed by atoms with van der Waals surface area (Å²) in [7, 11) is 0.489. The SMILES string of the molecule is CN(C)CC(C)(C)CNC(=O)C1CCN(S(=O)(=O)c2ccc(Cl)cc2)CC1. The van der Waals surface area contributed by atoms with Crippen molar-refractivity contribution < 1.29 is 13.2 Å². The molecule has 0 aliphatic carbocycles. The molecule has 1 aliphatic heterocycles. The Morgan fingerprint density at radius 2 is 1.78 bits per heavy atom. The minimum absolute atomic E-state index is 0.0161. The van der Waals surface area contributed by atoms with E-state index in [4.69, 9.17) is 11.6 Å². The maximum Gasteiger partial charge on any atom is 0.243 e. The second-order valence-corrected chi connectivity index (χ2v) is 10.6. The lowest BCUT2D eigenvalue weighted by atomic mass is 9.91. The third-order valence-corrected chi connectivity index (χ3v) is 6.93. The molecule has 1 N–H and O–H groups in total. The molecule has 0 radical (unpaired) electrons. The Hall–Kier alpha value is -1.15. The lowest BCUT2D eigenvalue weighted by Gasteiger charge is -2.32. The smallest absolute Gasteiger partial charge is 0.243 e. The number of hydrogen-bond donors (Lipinski definition) is 1. The zero-order chi connectivity index (χ0) is 20.2. The van der Waals surface area contributed by atoms with Crippen molar-refractivity contribution in [3.05, 3.63) is 29.3 Å². The highest BCUT2D eigenvalue weighted by Gasteiger charge is 2.32. The van der Waals surface area contributed by atoms with Gasteiger partial charge in [0.05, 0.1) is 4.90 Å². The monoisotopic (exact) mass is 415 g/mol. The Balaban J connectivity index is 1.89. The van der Waals surface area contributed by atoms with Crippen molar-refractivity contribution in [1.82, 2.24) is 14.5 Å². The fourth-order valence-corrected chi connectivity index (χ4v) is 5.09. The Morgan fingerprint density at radius 1 is 1.22 bits per heavy atom. The van der Waals surface area contributed by atoms with Gasteiger partial charge in [-0.15, -0.1) is 0 Å². The van der Waals surface area contributed by atoms with E-state index in [1.165, 1.54) is 16.4 Å². The fourth-order valence-electron chi connectivity index (χ4n) is 3.50. The number of benzene rings is 1. The Kier molecular flexibility index (Phi) is 7.30. The van der Waals surface area contributed by atoms with Crippen molar-refractivity contribution in [3.63, 3.8) is 0 Å². The molecule has 27 heavy (non-hydrogen) atoms. The standard InChI is InChI=1S/C19H30ClN3O3S/c1-19(2,14-22(3)4)13-21-18(24)15-9-11-23(12-10-15)27(25,26)17-7-5-16(20)6-8-17/h5-8,15H,9-14H2,1-4H3,(H,21,24). The molecule has 152 valence electrons. The number of carbonyl (C=O) groups is 1. The maximum atomic E-state index is 12.7. The van der Waals surface area contributed by atoms with Gasteiger partial charge in [-0.2, -0.15) is 4.31 Å². The van der Waals surface area contributed by atoms with E-state index in [1.807, 2.05) is 14.1 Å². The van der Waals surface area contributed by atoms with Crippen molar-refractivity contribution in [3.8, 4) is 0 Å². The van der Waals surface area contributed by atoms with Crippen molar-refractivity contribution >= 4 is 27.5 Å². The van der Waals surface area contributed by atoms with Gasteiger partial charge in [-0.3, -0.25) is 4.79 Å². The lowest BCUT2D eigenvalue weighted by Crippen LogP contribution is -2.45. The Labute approximate surface area is 167 Å². The zero-order valence-electron chi connectivity index (χ0n) is 16.5. The van der Waals surface area contributed by atoms with Crippen molar-refractivity contribution in [2.75, 3.05) is 40.3 Å². The normalized spacial score (nSPS) is 17.3. The van der Waals surface area contributed by atoms with Crippen LogP contribution in [-0.4, -0.2) is 63.8 Å². The highest BCUT2D eigenvalue weighted by Crippen LogP contribution is 2.25. The van der Waals surface area contributed by atoms with E-state index in [1.54, 1.807) is 12.1 Å². The first-order chi connectivity index (χ1) is 12.5. The predicted octanol–water partition coefficient (Wildman–Crippen LogP) is 2.44. The van der Waals surface area contributed by atoms with Gasteiger partial charge in [0, 0.05) is 37.1 Å². The number of nitrogens with one attached hydrogen (secondary N) is 1. The van der Waals surface area contributed by atoms with Crippen LogP contribution in [0.2, 0.25) is 5.02 Å². The molecule has 1 aromatic rings. The molecule has 0 aromatic heterocycles. The number of sulfonamides is 1. The van der Waals surface area contributed by atoms with Gasteiger partial charge in [0.25, 0.3) is 0 Å². The van der Waals surface area contributed by atoms with Gasteiger partial charge >= 0.3 is 0 Å². The molecule has 0 unspecified atom stereocenters. The third kappa shape index (κ3) is 6.17. The molecule has 6 nitrogen and oxygen atoms in total. The molecular weight excluding hydrogens is 386 g/mol. The van der Waals surface area contributed by atoms with E-state index >= 15 is 0 Å². The molecule has 0 atom stereocenters. The second-order valence-electron chi connectivity index (χ2n) is 8.25. The van der Waals surface area contributed by atoms with Crippen LogP contribution in [0.25, 0.3) is 0 Å². The predicted molar refractivity (Wildman–Crippen MR) is 108 cm³/mol. The average Bonchev–Trinajstić information content (AvgIpc) is 2.59. The minimum Gasteiger partial charge on any atom is -0.355 e. The Bertz CT molecular complexity index is 740. The average molecular weight is 416 g/mol. The summed E-state index contributed by atoms with van der Waals surface area (Å²) in [5, 5.41) is 3.54. The van der Waals surface area contributed by atoms with E-state index < -0.39 is 10.0 Å². The molecule has 2 rings (SSSR count). The molecular formula is C19H30ClN3O3S. The first kappa shape index (κ1) is 22.1. The van der Waals surface area contributed by atoms with Crippen LogP contribution in [-0.2, 0) is 14.8 Å². The van der Waals surface area contributed by atoms with Crippen LogP contribution in [0.3, 0.4) is 0 Å². The first-order valence-corrected chi connectivity index (χ1v) is 11.0. The van der Waals surface area contributed by atoms with Gasteiger partial charge in [-0.25, -0.2) is 8.42 Å². The number of halogens is 1. The molecule has 1 heterocycles. The summed E-state index contributed by atoms with van der Waals surface area (Å²) in [6.07, 6.45) is 1.07. The van der Waals surface area contributed by atoms with Crippen LogP contribution in [0.5, 0.6) is 0 Å². The van der Waals surface area contributed by atoms with Gasteiger partial charge in [0.1, 0.15) is 0 Å². The number of rotatable bonds is 7. The quantitative estimate of drug-likeness (QED) is 0.742. The third-order valence-electron chi connectivity index (χ3n) is 4.76. The zero-order valence-corrected chi connectivity index (χ0v) is 18.1. The van der Waals surface area contributed by atoms with Crippen LogP contribution in [0.1, 0.15) is 26.7 Å². The fraction of sp³-hybridized carbons (Fsp3) is 0.632. The molecule has 0 saturated carbocycles. The number of hydrogen-bond acceptors (Lipinski definition) is 4. The molecule has 0 spiro atoms. The Morgan fingerprint density at radius 3 is 2.30 bits per heavy atom. The topological polar surface area (TPSA) is 69.7 Å². The molecule has 0 bridgehead atoms. The number of piperidine rings is 1. The van der Waals surface area contributed by atoms with Gasteiger partial charge < -0.3 is 10.2 Å². The van der Waals surface area contributed by atoms with Crippen molar-refractivity contribution in [2.24, 2.45) is 11.3 Å². The van der Waals surface area contributed by atoms with Crippen LogP contribution in [0, 0.1) is 11.3 Å². The maximum absolute atomic E-state index is 12.7. The molecule has 1 amide bonds. The minimum atomic E-state index is -3.54. The first-order valence-electron chi connectivity index (χ1n) is 9.19. The highest BCUT2D eigenvalue weighted by atomic mass is 35.5. The summed E-state index contributed by atoms with van der Waals surface area (Å²) in [4.78, 5) is 14.8. The van der Waals surface area contributed by atoms with Gasteiger partial charge in [0.2, 0.25) is 15.9 Å². The molecule has 1 aliphatic rings. The largest absolute Gasteiger partial charge is 0.355 e. The summed E-state index contributed by atoms with van der Waals surface area (Å²) >= 11 is 5.84. The summed E-state index contributed by atoms with van der Waals surface area (Å²) < 4.78 is 26.9. The van der Waals surface area contributed by atoms with Gasteiger partial charge in [0.15, 0.2) is 0 Å². The van der Waals surface area contributed by atoms with E-state index in [0.29, 0.717) is 37.5 Å². The molecule has 8 heteroatoms. The molecule has 1 fully saturated rings. The van der Waals surface area contributed by atoms with Crippen molar-refractivity contribution in [2.45, 2.75) is 31.6 Å². The van der Waals surface area contributed by atoms with E-state index in [-0.39, 0.29) is 22.1 Å². The number of amides is 1. The van der Waals surface area contributed by atoms with Crippen molar-refractivity contribution in [1.29, 1.82) is 0 Å². The number of nitrogens with zero attached hydrogens (tertiary/aromatic N) is 2. The lowest BCUT2D eigenvalue weighted by molar-refractivity contribution is -0.126. The summed E-state index contributed by atoms with van der Waals surface area (Å²) in [6, 6.07) is 6.18. The number of carbonyl (C=O) groups excluding carboxylic acids is 1. The molecule has 1 aromatic carbocycles. The van der Waals surface area contributed by atoms with Crippen LogP contribution >= 0.6 is 11.6 Å². The van der Waals surface area contributed by atoms with Crippen LogP contribution < -0.4 is 5.32 Å². The second kappa shape index (κ2) is 8.90. The van der Waals surface area contributed by atoms with Crippen LogP contribution in [0.15, 0.2) is 29.2 Å². The summed E-state index contributed by atoms with van der Waals surface area (Å²) in [6.45, 7) is 6.43. The van der Waals surface area contributed by atoms with Gasteiger partial charge in [-0.05, 0) is 56.6 Å². The summed E-state index contributed by atoms with van der Waals surface area (Å²) in [5.74, 6) is -0.123. The van der Waals surface area contributed by atoms with Gasteiger partial charge in [-0.1, -0.05) is 25.4 Å². The highest BCUT2D eigenvalue weighted by molar-refractivity contribution is 7.89. The van der Waals surface area contributed by atoms with E-state index in [0.717, 1.165) is 6.54 Å². The van der Waals surface area contributed by atoms with Crippen LogP contribution in [0.4, 0.5) is 0 Å². The summed E-state index contributed by atoms with van der Waals surface area (Å²) in [5.41, 5.74) is -0.0161. The van der Waals surface area contributed by atoms with E-state index in [9.17, 15) is 13.2 Å².